The molecule has 138 valence electrons. The Hall–Kier alpha value is -2.64. The molecule has 0 heterocycles. The van der Waals surface area contributed by atoms with Crippen molar-refractivity contribution in [1.29, 1.82) is 0 Å². The highest BCUT2D eigenvalue weighted by Gasteiger charge is 2.19. The maximum Gasteiger partial charge on any atom is 0.200 e. The summed E-state index contributed by atoms with van der Waals surface area (Å²) < 4.78 is 0. The minimum absolute atomic E-state index is 0.680. The number of guanidine groups is 1. The molecule has 0 atom stereocenters. The molecule has 0 unspecified atom stereocenters. The van der Waals surface area contributed by atoms with E-state index in [9.17, 15) is 0 Å². The molecule has 0 spiro atoms. The monoisotopic (exact) mass is 375 g/mol. The predicted molar refractivity (Wildman–Crippen MR) is 120 cm³/mol. The zero-order valence-electron chi connectivity index (χ0n) is 16.4. The summed E-state index contributed by atoms with van der Waals surface area (Å²) in [5.74, 6) is 0.929. The highest BCUT2D eigenvalue weighted by molar-refractivity contribution is 7.80. The van der Waals surface area contributed by atoms with Crippen molar-refractivity contribution < 1.29 is 0 Å². The first-order chi connectivity index (χ1) is 13.1. The van der Waals surface area contributed by atoms with E-state index >= 15 is 0 Å². The third kappa shape index (κ3) is 4.56. The summed E-state index contributed by atoms with van der Waals surface area (Å²) in [6.07, 6.45) is 0. The van der Waals surface area contributed by atoms with Crippen molar-refractivity contribution in [2.24, 2.45) is 4.99 Å². The lowest BCUT2D eigenvalue weighted by Gasteiger charge is -2.25. The lowest BCUT2D eigenvalue weighted by Crippen LogP contribution is -2.35. The van der Waals surface area contributed by atoms with Crippen LogP contribution in [0.2, 0.25) is 0 Å². The zero-order valence-corrected chi connectivity index (χ0v) is 17.3. The van der Waals surface area contributed by atoms with Crippen LogP contribution in [0.3, 0.4) is 0 Å². The summed E-state index contributed by atoms with van der Waals surface area (Å²) >= 11 is 0. The second-order valence-electron chi connectivity index (χ2n) is 6.70. The van der Waals surface area contributed by atoms with Crippen molar-refractivity contribution in [3.05, 3.63) is 84.9 Å². The molecule has 0 aliphatic carbocycles. The second-order valence-corrected chi connectivity index (χ2v) is 8.88. The number of para-hydroxylation sites is 1. The van der Waals surface area contributed by atoms with Crippen LogP contribution in [0, 0.1) is 0 Å². The normalized spacial score (nSPS) is 10.6. The van der Waals surface area contributed by atoms with Gasteiger partial charge in [0, 0.05) is 33.5 Å². The fraction of sp³-hybridized carbons (Fsp3) is 0.174. The van der Waals surface area contributed by atoms with Gasteiger partial charge in [-0.05, 0) is 24.6 Å². The molecule has 0 aromatic heterocycles. The van der Waals surface area contributed by atoms with Crippen molar-refractivity contribution >= 4 is 35.5 Å². The maximum atomic E-state index is 5.01. The largest absolute Gasteiger partial charge is 0.349 e. The summed E-state index contributed by atoms with van der Waals surface area (Å²) in [6.45, 7) is 0. The smallest absolute Gasteiger partial charge is 0.200 e. The van der Waals surface area contributed by atoms with Gasteiger partial charge in [-0.25, -0.2) is 4.99 Å². The second kappa shape index (κ2) is 8.83. The Kier molecular flexibility index (Phi) is 6.26. The first-order valence-corrected chi connectivity index (χ1v) is 10.3. The molecule has 0 saturated carbocycles. The van der Waals surface area contributed by atoms with Crippen molar-refractivity contribution in [3.63, 3.8) is 0 Å². The third-order valence-electron chi connectivity index (χ3n) is 4.17. The molecule has 0 fully saturated rings. The van der Waals surface area contributed by atoms with Gasteiger partial charge in [-0.2, -0.15) is 0 Å². The van der Waals surface area contributed by atoms with E-state index in [0.29, 0.717) is 0 Å². The van der Waals surface area contributed by atoms with Gasteiger partial charge >= 0.3 is 0 Å². The molecule has 3 nitrogen and oxygen atoms in total. The highest BCUT2D eigenvalue weighted by atomic mass is 31.1. The predicted octanol–water partition coefficient (Wildman–Crippen LogP) is 3.56. The Morgan fingerprint density at radius 2 is 1.07 bits per heavy atom. The zero-order chi connectivity index (χ0) is 19.2. The number of nitrogens with zero attached hydrogens (tertiary/aromatic N) is 3. The Balaban J connectivity index is 2.19. The SMILES string of the molecule is CN(C)C(=Nc1ccccc1P(c1ccccc1)c1ccccc1)N(C)C. The standard InChI is InChI=1S/C23H26N3P/c1-25(2)23(26(3)4)24-21-17-11-12-18-22(21)27(19-13-7-5-8-14-19)20-15-9-6-10-16-20/h5-18H,1-4H3. The Bertz CT molecular complexity index is 840. The van der Waals surface area contributed by atoms with Crippen LogP contribution in [0.4, 0.5) is 5.69 Å². The van der Waals surface area contributed by atoms with Crippen LogP contribution < -0.4 is 15.9 Å². The Morgan fingerprint density at radius 3 is 1.56 bits per heavy atom. The molecule has 4 heteroatoms. The minimum Gasteiger partial charge on any atom is -0.349 e. The van der Waals surface area contributed by atoms with Gasteiger partial charge < -0.3 is 9.80 Å². The average molecular weight is 375 g/mol. The summed E-state index contributed by atoms with van der Waals surface area (Å²) in [5.41, 5.74) is 1.02. The van der Waals surface area contributed by atoms with Crippen LogP contribution in [0.15, 0.2) is 89.9 Å². The first-order valence-electron chi connectivity index (χ1n) is 9.00. The molecule has 3 aromatic carbocycles. The van der Waals surface area contributed by atoms with Crippen molar-refractivity contribution in [1.82, 2.24) is 9.80 Å². The topological polar surface area (TPSA) is 18.8 Å². The lowest BCUT2D eigenvalue weighted by molar-refractivity contribution is 0.484. The fourth-order valence-electron chi connectivity index (χ4n) is 3.04. The molecule has 0 saturated heterocycles. The molecular weight excluding hydrogens is 349 g/mol. The van der Waals surface area contributed by atoms with Crippen molar-refractivity contribution in [2.75, 3.05) is 28.2 Å². The van der Waals surface area contributed by atoms with Crippen LogP contribution in [0.5, 0.6) is 0 Å². The molecule has 0 aliphatic heterocycles. The van der Waals surface area contributed by atoms with Crippen molar-refractivity contribution in [2.45, 2.75) is 0 Å². The summed E-state index contributed by atoms with van der Waals surface area (Å²) in [7, 11) is 7.43. The molecular formula is C23H26N3P. The van der Waals surface area contributed by atoms with E-state index in [4.69, 9.17) is 4.99 Å². The summed E-state index contributed by atoms with van der Waals surface area (Å²) in [5, 5.41) is 3.93. The minimum atomic E-state index is -0.680. The van der Waals surface area contributed by atoms with E-state index in [2.05, 4.69) is 84.9 Å². The molecule has 27 heavy (non-hydrogen) atoms. The molecule has 0 N–H and O–H groups in total. The van der Waals surface area contributed by atoms with Crippen LogP contribution in [0.1, 0.15) is 0 Å². The number of aliphatic imine (C=N–C) groups is 1. The summed E-state index contributed by atoms with van der Waals surface area (Å²) in [6, 6.07) is 30.0. The molecule has 0 radical (unpaired) electrons. The number of hydrogen-bond acceptors (Lipinski definition) is 1. The number of rotatable bonds is 4. The van der Waals surface area contributed by atoms with Crippen LogP contribution in [-0.4, -0.2) is 44.0 Å². The van der Waals surface area contributed by atoms with Gasteiger partial charge in [0.05, 0.1) is 5.69 Å². The van der Waals surface area contributed by atoms with Gasteiger partial charge in [-0.1, -0.05) is 78.9 Å². The number of benzene rings is 3. The average Bonchev–Trinajstić information content (AvgIpc) is 2.68. The number of hydrogen-bond donors (Lipinski definition) is 0. The first kappa shape index (κ1) is 19.1. The van der Waals surface area contributed by atoms with Crippen LogP contribution >= 0.6 is 7.92 Å². The van der Waals surface area contributed by atoms with Crippen LogP contribution in [-0.2, 0) is 0 Å². The van der Waals surface area contributed by atoms with Crippen LogP contribution in [0.25, 0.3) is 0 Å². The van der Waals surface area contributed by atoms with E-state index < -0.39 is 7.92 Å². The molecule has 3 aromatic rings. The highest BCUT2D eigenvalue weighted by Crippen LogP contribution is 2.36. The van der Waals surface area contributed by atoms with E-state index in [1.165, 1.54) is 15.9 Å². The maximum absolute atomic E-state index is 5.01. The van der Waals surface area contributed by atoms with E-state index in [1.54, 1.807) is 0 Å². The van der Waals surface area contributed by atoms with Gasteiger partial charge in [-0.15, -0.1) is 0 Å². The van der Waals surface area contributed by atoms with Crippen molar-refractivity contribution in [3.8, 4) is 0 Å². The molecule has 3 rings (SSSR count). The molecule has 0 aliphatic rings. The molecule has 0 bridgehead atoms. The lowest BCUT2D eigenvalue weighted by atomic mass is 10.3. The van der Waals surface area contributed by atoms with Gasteiger partial charge in [0.15, 0.2) is 0 Å². The van der Waals surface area contributed by atoms with Gasteiger partial charge in [0.25, 0.3) is 0 Å². The van der Waals surface area contributed by atoms with Gasteiger partial charge in [0.1, 0.15) is 0 Å². The molecule has 0 amide bonds. The van der Waals surface area contributed by atoms with Gasteiger partial charge in [0.2, 0.25) is 5.96 Å². The quantitative estimate of drug-likeness (QED) is 0.395. The van der Waals surface area contributed by atoms with E-state index in [-0.39, 0.29) is 0 Å². The Labute approximate surface area is 163 Å². The third-order valence-corrected chi connectivity index (χ3v) is 6.66. The van der Waals surface area contributed by atoms with E-state index in [0.717, 1.165) is 11.6 Å². The van der Waals surface area contributed by atoms with E-state index in [1.807, 2.05) is 38.0 Å². The fourth-order valence-corrected chi connectivity index (χ4v) is 5.42. The Morgan fingerprint density at radius 1 is 0.630 bits per heavy atom. The van der Waals surface area contributed by atoms with Gasteiger partial charge in [-0.3, -0.25) is 0 Å². The summed E-state index contributed by atoms with van der Waals surface area (Å²) in [4.78, 5) is 9.11.